The van der Waals surface area contributed by atoms with Crippen LogP contribution >= 0.6 is 0 Å². The minimum atomic E-state index is -0.0689. The number of nitrogens with one attached hydrogen (secondary N) is 1. The van der Waals surface area contributed by atoms with E-state index >= 15 is 0 Å². The first kappa shape index (κ1) is 8.64. The van der Waals surface area contributed by atoms with Gasteiger partial charge in [-0.1, -0.05) is 6.92 Å². The zero-order valence-electron chi connectivity index (χ0n) is 7.16. The van der Waals surface area contributed by atoms with Crippen LogP contribution in [0.15, 0.2) is 12.3 Å². The number of carbonyl (C=O) groups is 1. The molecule has 0 aliphatic rings. The zero-order valence-corrected chi connectivity index (χ0v) is 7.16. The van der Waals surface area contributed by atoms with Gasteiger partial charge in [-0.2, -0.15) is 0 Å². The van der Waals surface area contributed by atoms with E-state index in [1.807, 2.05) is 6.92 Å². The van der Waals surface area contributed by atoms with Crippen molar-refractivity contribution in [3.05, 3.63) is 18.0 Å². The number of amides is 1. The third-order valence-corrected chi connectivity index (χ3v) is 1.37. The van der Waals surface area contributed by atoms with E-state index in [9.17, 15) is 4.79 Å². The van der Waals surface area contributed by atoms with E-state index in [-0.39, 0.29) is 5.91 Å². The van der Waals surface area contributed by atoms with Gasteiger partial charge in [0, 0.05) is 18.3 Å². The van der Waals surface area contributed by atoms with Crippen molar-refractivity contribution in [3.63, 3.8) is 0 Å². The summed E-state index contributed by atoms with van der Waals surface area (Å²) >= 11 is 0. The predicted molar refractivity (Wildman–Crippen MR) is 45.7 cm³/mol. The van der Waals surface area contributed by atoms with Crippen LogP contribution in [0, 0.1) is 6.92 Å². The van der Waals surface area contributed by atoms with Crippen LogP contribution in [0.2, 0.25) is 0 Å². The molecule has 4 nitrogen and oxygen atoms in total. The first-order valence-corrected chi connectivity index (χ1v) is 3.82. The summed E-state index contributed by atoms with van der Waals surface area (Å²) in [6, 6.07) is 1.78. The third-order valence-electron chi connectivity index (χ3n) is 1.37. The minimum absolute atomic E-state index is 0.0689. The van der Waals surface area contributed by atoms with Gasteiger partial charge < -0.3 is 0 Å². The highest BCUT2D eigenvalue weighted by molar-refractivity contribution is 5.88. The van der Waals surface area contributed by atoms with Crippen molar-refractivity contribution in [2.75, 3.05) is 5.32 Å². The highest BCUT2D eigenvalue weighted by Crippen LogP contribution is 1.98. The van der Waals surface area contributed by atoms with Gasteiger partial charge >= 0.3 is 0 Å². The van der Waals surface area contributed by atoms with Crippen LogP contribution in [0.25, 0.3) is 0 Å². The fourth-order valence-corrected chi connectivity index (χ4v) is 0.722. The molecule has 1 rings (SSSR count). The summed E-state index contributed by atoms with van der Waals surface area (Å²) in [4.78, 5) is 18.8. The molecule has 0 unspecified atom stereocenters. The maximum atomic E-state index is 10.9. The topological polar surface area (TPSA) is 54.9 Å². The van der Waals surface area contributed by atoms with Crippen molar-refractivity contribution in [1.82, 2.24) is 9.97 Å². The number of carbonyl (C=O) groups excluding carboxylic acids is 1. The van der Waals surface area contributed by atoms with Gasteiger partial charge in [-0.15, -0.1) is 0 Å². The van der Waals surface area contributed by atoms with Crippen LogP contribution in [-0.4, -0.2) is 15.9 Å². The molecule has 64 valence electrons. The molecule has 0 saturated carbocycles. The first-order valence-electron chi connectivity index (χ1n) is 3.82. The van der Waals surface area contributed by atoms with Crippen molar-refractivity contribution in [1.29, 1.82) is 0 Å². The van der Waals surface area contributed by atoms with Gasteiger partial charge in [0.05, 0.1) is 0 Å². The predicted octanol–water partition coefficient (Wildman–Crippen LogP) is 1.13. The molecule has 1 aromatic heterocycles. The maximum Gasteiger partial charge on any atom is 0.229 e. The van der Waals surface area contributed by atoms with E-state index in [4.69, 9.17) is 0 Å². The summed E-state index contributed by atoms with van der Waals surface area (Å²) < 4.78 is 0. The first-order chi connectivity index (χ1) is 5.72. The molecule has 1 amide bonds. The lowest BCUT2D eigenvalue weighted by Gasteiger charge is -2.00. The highest BCUT2D eigenvalue weighted by Gasteiger charge is 1.99. The molecule has 1 heterocycles. The van der Waals surface area contributed by atoms with E-state index in [2.05, 4.69) is 15.3 Å². The summed E-state index contributed by atoms with van der Waals surface area (Å²) in [7, 11) is 0. The Bertz CT molecular complexity index is 285. The van der Waals surface area contributed by atoms with Crippen molar-refractivity contribution in [2.24, 2.45) is 0 Å². The van der Waals surface area contributed by atoms with Gasteiger partial charge in [-0.25, -0.2) is 9.97 Å². The molecule has 0 aromatic carbocycles. The third kappa shape index (κ3) is 2.30. The Morgan fingerprint density at radius 3 is 3.00 bits per heavy atom. The Labute approximate surface area is 71.0 Å². The van der Waals surface area contributed by atoms with E-state index in [0.29, 0.717) is 12.4 Å². The lowest BCUT2D eigenvalue weighted by atomic mass is 10.4. The second-order valence-electron chi connectivity index (χ2n) is 2.42. The molecule has 1 N–H and O–H groups in total. The monoisotopic (exact) mass is 165 g/mol. The summed E-state index contributed by atoms with van der Waals surface area (Å²) in [6.45, 7) is 3.63. The number of rotatable bonds is 2. The highest BCUT2D eigenvalue weighted by atomic mass is 16.1. The molecule has 1 aromatic rings. The number of hydrogen-bond donors (Lipinski definition) is 1. The quantitative estimate of drug-likeness (QED) is 0.714. The van der Waals surface area contributed by atoms with E-state index in [1.54, 1.807) is 19.2 Å². The lowest BCUT2D eigenvalue weighted by Crippen LogP contribution is -2.12. The maximum absolute atomic E-state index is 10.9. The van der Waals surface area contributed by atoms with Gasteiger partial charge in [0.25, 0.3) is 0 Å². The Balaban J connectivity index is 2.69. The Hall–Kier alpha value is -1.45. The van der Waals surface area contributed by atoms with Crippen LogP contribution in [-0.2, 0) is 4.79 Å². The lowest BCUT2D eigenvalue weighted by molar-refractivity contribution is -0.115. The zero-order chi connectivity index (χ0) is 8.97. The summed E-state index contributed by atoms with van der Waals surface area (Å²) in [6.07, 6.45) is 2.06. The number of aromatic nitrogens is 2. The molecular formula is C8H11N3O. The summed E-state index contributed by atoms with van der Waals surface area (Å²) in [5.41, 5.74) is 0.844. The molecular weight excluding hydrogens is 154 g/mol. The van der Waals surface area contributed by atoms with Crippen molar-refractivity contribution < 1.29 is 4.79 Å². The van der Waals surface area contributed by atoms with Gasteiger partial charge in [-0.05, 0) is 13.0 Å². The van der Waals surface area contributed by atoms with Gasteiger partial charge in [0.15, 0.2) is 0 Å². The fraction of sp³-hybridized carbons (Fsp3) is 0.375. The Morgan fingerprint density at radius 1 is 1.67 bits per heavy atom. The van der Waals surface area contributed by atoms with E-state index < -0.39 is 0 Å². The van der Waals surface area contributed by atoms with Crippen LogP contribution in [0.5, 0.6) is 0 Å². The molecule has 0 atom stereocenters. The van der Waals surface area contributed by atoms with Gasteiger partial charge in [0.2, 0.25) is 11.9 Å². The average molecular weight is 165 g/mol. The van der Waals surface area contributed by atoms with E-state index in [0.717, 1.165) is 5.69 Å². The number of aryl methyl sites for hydroxylation is 1. The SMILES string of the molecule is CCC(=O)Nc1nccc(C)n1. The second kappa shape index (κ2) is 3.80. The smallest absolute Gasteiger partial charge is 0.229 e. The molecule has 0 aliphatic carbocycles. The molecule has 0 radical (unpaired) electrons. The van der Waals surface area contributed by atoms with Crippen molar-refractivity contribution in [3.8, 4) is 0 Å². The molecule has 0 aliphatic heterocycles. The molecule has 0 bridgehead atoms. The van der Waals surface area contributed by atoms with Crippen LogP contribution in [0.3, 0.4) is 0 Å². The fourth-order valence-electron chi connectivity index (χ4n) is 0.722. The van der Waals surface area contributed by atoms with Crippen LogP contribution < -0.4 is 5.32 Å². The molecule has 4 heteroatoms. The van der Waals surface area contributed by atoms with Gasteiger partial charge in [-0.3, -0.25) is 10.1 Å². The Kier molecular flexibility index (Phi) is 2.74. The van der Waals surface area contributed by atoms with Crippen LogP contribution in [0.1, 0.15) is 19.0 Å². The largest absolute Gasteiger partial charge is 0.295 e. The number of anilines is 1. The van der Waals surface area contributed by atoms with Crippen molar-refractivity contribution >= 4 is 11.9 Å². The van der Waals surface area contributed by atoms with Crippen LogP contribution in [0.4, 0.5) is 5.95 Å². The van der Waals surface area contributed by atoms with Crippen molar-refractivity contribution in [2.45, 2.75) is 20.3 Å². The standard InChI is InChI=1S/C8H11N3O/c1-3-7(12)11-8-9-5-4-6(2)10-8/h4-5H,3H2,1-2H3,(H,9,10,11,12). The summed E-state index contributed by atoms with van der Waals surface area (Å²) in [5, 5.41) is 2.57. The van der Waals surface area contributed by atoms with Gasteiger partial charge in [0.1, 0.15) is 0 Å². The Morgan fingerprint density at radius 2 is 2.42 bits per heavy atom. The second-order valence-corrected chi connectivity index (χ2v) is 2.42. The molecule has 0 fully saturated rings. The number of nitrogens with zero attached hydrogens (tertiary/aromatic N) is 2. The molecule has 0 saturated heterocycles. The number of hydrogen-bond acceptors (Lipinski definition) is 3. The average Bonchev–Trinajstić information content (AvgIpc) is 2.04. The summed E-state index contributed by atoms with van der Waals surface area (Å²) in [5.74, 6) is 0.308. The molecule has 12 heavy (non-hydrogen) atoms. The normalized spacial score (nSPS) is 9.50. The van der Waals surface area contributed by atoms with E-state index in [1.165, 1.54) is 0 Å². The minimum Gasteiger partial charge on any atom is -0.295 e. The molecule has 0 spiro atoms.